The quantitative estimate of drug-likeness (QED) is 0.415. The first kappa shape index (κ1) is 19.0. The number of halogens is 1. The fourth-order valence-corrected chi connectivity index (χ4v) is 2.41. The van der Waals surface area contributed by atoms with Gasteiger partial charge in [0.25, 0.3) is 11.4 Å². The summed E-state index contributed by atoms with van der Waals surface area (Å²) < 4.78 is 0.116. The molecule has 0 unspecified atom stereocenters. The van der Waals surface area contributed by atoms with Gasteiger partial charge in [0, 0.05) is 29.8 Å². The van der Waals surface area contributed by atoms with Gasteiger partial charge in [0.05, 0.1) is 27.0 Å². The van der Waals surface area contributed by atoms with Crippen molar-refractivity contribution < 1.29 is 19.7 Å². The first-order chi connectivity index (χ1) is 12.3. The predicted octanol–water partition coefficient (Wildman–Crippen LogP) is 2.66. The molecule has 0 spiro atoms. The molecule has 0 fully saturated rings. The number of nitro benzene ring substituents is 2. The minimum Gasteiger partial charge on any atom is -0.506 e. The number of hydrogen-bond acceptors (Lipinski definition) is 7. The Bertz CT molecular complexity index is 898. The highest BCUT2D eigenvalue weighted by Crippen LogP contribution is 2.31. The lowest BCUT2D eigenvalue weighted by Crippen LogP contribution is -2.19. The van der Waals surface area contributed by atoms with Crippen LogP contribution >= 0.6 is 15.9 Å². The van der Waals surface area contributed by atoms with Gasteiger partial charge in [-0.1, -0.05) is 12.1 Å². The SMILES string of the molecule is O=C(Cc1ccc([N+](=O)[O-])cc1)N/N=C/c1cc([N+](=O)[O-])cc(Br)c1O. The molecular weight excluding hydrogens is 412 g/mol. The Morgan fingerprint density at radius 1 is 1.15 bits per heavy atom. The fraction of sp³-hybridized carbons (Fsp3) is 0.0667. The number of rotatable bonds is 6. The Kier molecular flexibility index (Phi) is 5.96. The van der Waals surface area contributed by atoms with Gasteiger partial charge in [-0.3, -0.25) is 25.0 Å². The van der Waals surface area contributed by atoms with Gasteiger partial charge in [-0.15, -0.1) is 0 Å². The summed E-state index contributed by atoms with van der Waals surface area (Å²) in [5.74, 6) is -0.761. The third kappa shape index (κ3) is 4.83. The van der Waals surface area contributed by atoms with E-state index >= 15 is 0 Å². The van der Waals surface area contributed by atoms with Crippen molar-refractivity contribution in [2.45, 2.75) is 6.42 Å². The largest absolute Gasteiger partial charge is 0.506 e. The highest BCUT2D eigenvalue weighted by Gasteiger charge is 2.13. The van der Waals surface area contributed by atoms with Crippen LogP contribution in [0, 0.1) is 20.2 Å². The van der Waals surface area contributed by atoms with E-state index < -0.39 is 15.8 Å². The first-order valence-corrected chi connectivity index (χ1v) is 7.79. The first-order valence-electron chi connectivity index (χ1n) is 7.00. The highest BCUT2D eigenvalue weighted by atomic mass is 79.9. The number of nitro groups is 2. The number of non-ortho nitro benzene ring substituents is 2. The molecule has 2 rings (SSSR count). The van der Waals surface area contributed by atoms with E-state index in [9.17, 15) is 30.1 Å². The fourth-order valence-electron chi connectivity index (χ4n) is 1.94. The summed E-state index contributed by atoms with van der Waals surface area (Å²) in [6, 6.07) is 7.71. The molecule has 0 saturated carbocycles. The highest BCUT2D eigenvalue weighted by molar-refractivity contribution is 9.10. The molecule has 0 aliphatic carbocycles. The summed E-state index contributed by atoms with van der Waals surface area (Å²) in [6.45, 7) is 0. The van der Waals surface area contributed by atoms with Crippen LogP contribution in [0.25, 0.3) is 0 Å². The van der Waals surface area contributed by atoms with E-state index in [1.54, 1.807) is 0 Å². The lowest BCUT2D eigenvalue weighted by atomic mass is 10.1. The van der Waals surface area contributed by atoms with E-state index in [0.29, 0.717) is 5.56 Å². The van der Waals surface area contributed by atoms with Crippen molar-refractivity contribution >= 4 is 39.4 Å². The summed E-state index contributed by atoms with van der Waals surface area (Å²) in [4.78, 5) is 32.0. The summed E-state index contributed by atoms with van der Waals surface area (Å²) >= 11 is 2.99. The van der Waals surface area contributed by atoms with Crippen molar-refractivity contribution in [3.8, 4) is 5.75 Å². The number of aromatic hydroxyl groups is 1. The average molecular weight is 423 g/mol. The maximum Gasteiger partial charge on any atom is 0.271 e. The van der Waals surface area contributed by atoms with Gasteiger partial charge in [0.1, 0.15) is 5.75 Å². The topological polar surface area (TPSA) is 148 Å². The molecule has 134 valence electrons. The average Bonchev–Trinajstić information content (AvgIpc) is 2.58. The van der Waals surface area contributed by atoms with Gasteiger partial charge in [-0.2, -0.15) is 5.10 Å². The number of phenolic OH excluding ortho intramolecular Hbond substituents is 1. The molecule has 1 amide bonds. The van der Waals surface area contributed by atoms with Crippen molar-refractivity contribution in [3.05, 3.63) is 72.2 Å². The van der Waals surface area contributed by atoms with Crippen LogP contribution in [0.3, 0.4) is 0 Å². The molecular formula is C15H11BrN4O6. The van der Waals surface area contributed by atoms with Crippen LogP contribution in [0.4, 0.5) is 11.4 Å². The zero-order valence-electron chi connectivity index (χ0n) is 13.0. The minimum absolute atomic E-state index is 0.0433. The third-order valence-corrected chi connectivity index (χ3v) is 3.80. The van der Waals surface area contributed by atoms with Crippen molar-refractivity contribution in [2.75, 3.05) is 0 Å². The Hall–Kier alpha value is -3.34. The van der Waals surface area contributed by atoms with Crippen LogP contribution in [-0.4, -0.2) is 27.1 Å². The monoisotopic (exact) mass is 422 g/mol. The van der Waals surface area contributed by atoms with E-state index in [1.165, 1.54) is 24.3 Å². The number of hydrazone groups is 1. The van der Waals surface area contributed by atoms with E-state index in [4.69, 9.17) is 0 Å². The van der Waals surface area contributed by atoms with Gasteiger partial charge in [-0.25, -0.2) is 5.43 Å². The second kappa shape index (κ2) is 8.16. The molecule has 0 heterocycles. The Morgan fingerprint density at radius 3 is 2.35 bits per heavy atom. The van der Waals surface area contributed by atoms with Gasteiger partial charge < -0.3 is 5.11 Å². The van der Waals surface area contributed by atoms with Crippen molar-refractivity contribution in [1.29, 1.82) is 0 Å². The van der Waals surface area contributed by atoms with E-state index in [1.807, 2.05) is 0 Å². The van der Waals surface area contributed by atoms with Crippen LogP contribution in [0.5, 0.6) is 5.75 Å². The van der Waals surface area contributed by atoms with Crippen LogP contribution < -0.4 is 5.43 Å². The predicted molar refractivity (Wildman–Crippen MR) is 95.0 cm³/mol. The standard InChI is InChI=1S/C15H11BrN4O6/c16-13-7-12(20(25)26)6-10(15(13)22)8-17-18-14(21)5-9-1-3-11(4-2-9)19(23)24/h1-4,6-8,22H,5H2,(H,18,21)/b17-8+. The normalized spacial score (nSPS) is 10.7. The summed E-state index contributed by atoms with van der Waals surface area (Å²) in [5.41, 5.74) is 2.46. The molecule has 0 saturated heterocycles. The van der Waals surface area contributed by atoms with Gasteiger partial charge in [0.2, 0.25) is 5.91 Å². The van der Waals surface area contributed by atoms with Crippen molar-refractivity contribution in [2.24, 2.45) is 5.10 Å². The molecule has 0 aromatic heterocycles. The molecule has 26 heavy (non-hydrogen) atoms. The number of amides is 1. The number of phenols is 1. The minimum atomic E-state index is -0.630. The van der Waals surface area contributed by atoms with Crippen molar-refractivity contribution in [1.82, 2.24) is 5.43 Å². The summed E-state index contributed by atoms with van der Waals surface area (Å²) in [5, 5.41) is 34.9. The molecule has 2 N–H and O–H groups in total. The van der Waals surface area contributed by atoms with Crippen LogP contribution in [0.15, 0.2) is 46.0 Å². The molecule has 0 aliphatic heterocycles. The van der Waals surface area contributed by atoms with E-state index in [-0.39, 0.29) is 33.6 Å². The zero-order chi connectivity index (χ0) is 19.3. The smallest absolute Gasteiger partial charge is 0.271 e. The van der Waals surface area contributed by atoms with Gasteiger partial charge >= 0.3 is 0 Å². The second-order valence-electron chi connectivity index (χ2n) is 5.02. The van der Waals surface area contributed by atoms with Gasteiger partial charge in [-0.05, 0) is 21.5 Å². The molecule has 0 aliphatic rings. The maximum absolute atomic E-state index is 11.8. The Labute approximate surface area is 154 Å². The van der Waals surface area contributed by atoms with Crippen LogP contribution in [0.1, 0.15) is 11.1 Å². The van der Waals surface area contributed by atoms with Gasteiger partial charge in [0.15, 0.2) is 0 Å². The number of nitrogens with zero attached hydrogens (tertiary/aromatic N) is 3. The summed E-state index contributed by atoms with van der Waals surface area (Å²) in [7, 11) is 0. The number of hydrogen-bond donors (Lipinski definition) is 2. The number of nitrogens with one attached hydrogen (secondary N) is 1. The van der Waals surface area contributed by atoms with Crippen LogP contribution in [-0.2, 0) is 11.2 Å². The summed E-state index contributed by atoms with van der Waals surface area (Å²) in [6.07, 6.45) is 1.00. The molecule has 10 nitrogen and oxygen atoms in total. The second-order valence-corrected chi connectivity index (χ2v) is 5.87. The number of carbonyl (C=O) groups excluding carboxylic acids is 1. The molecule has 0 bridgehead atoms. The molecule has 0 atom stereocenters. The van der Waals surface area contributed by atoms with E-state index in [2.05, 4.69) is 26.5 Å². The van der Waals surface area contributed by atoms with Crippen LogP contribution in [0.2, 0.25) is 0 Å². The third-order valence-electron chi connectivity index (χ3n) is 3.19. The van der Waals surface area contributed by atoms with E-state index in [0.717, 1.165) is 18.3 Å². The molecule has 11 heteroatoms. The number of carbonyl (C=O) groups is 1. The molecule has 2 aromatic rings. The van der Waals surface area contributed by atoms with Crippen molar-refractivity contribution in [3.63, 3.8) is 0 Å². The maximum atomic E-state index is 11.8. The lowest BCUT2D eigenvalue weighted by molar-refractivity contribution is -0.385. The molecule has 2 aromatic carbocycles. The number of benzene rings is 2. The lowest BCUT2D eigenvalue weighted by Gasteiger charge is -2.03. The zero-order valence-corrected chi connectivity index (χ0v) is 14.5. The Morgan fingerprint density at radius 2 is 1.77 bits per heavy atom. The molecule has 0 radical (unpaired) electrons. The Balaban J connectivity index is 2.03.